The average molecular weight is 186 g/mol. The number of carbonyl (C=O) groups is 2. The second-order valence-electron chi connectivity index (χ2n) is 3.44. The Morgan fingerprint density at radius 2 is 2.15 bits per heavy atom. The van der Waals surface area contributed by atoms with Crippen molar-refractivity contribution in [1.29, 1.82) is 0 Å². The summed E-state index contributed by atoms with van der Waals surface area (Å²) in [6, 6.07) is -0.524. The van der Waals surface area contributed by atoms with E-state index >= 15 is 0 Å². The fraction of sp³-hybridized carbons (Fsp3) is 0.750. The van der Waals surface area contributed by atoms with E-state index in [1.165, 1.54) is 4.90 Å². The number of primary amides is 1. The molecule has 5 heteroatoms. The van der Waals surface area contributed by atoms with Crippen molar-refractivity contribution >= 4 is 12.0 Å². The van der Waals surface area contributed by atoms with E-state index < -0.39 is 12.0 Å². The fourth-order valence-corrected chi connectivity index (χ4v) is 1.72. The summed E-state index contributed by atoms with van der Waals surface area (Å²) >= 11 is 0. The van der Waals surface area contributed by atoms with E-state index in [4.69, 9.17) is 10.8 Å². The minimum Gasteiger partial charge on any atom is -0.481 e. The molecule has 0 radical (unpaired) electrons. The Hall–Kier alpha value is -1.26. The summed E-state index contributed by atoms with van der Waals surface area (Å²) in [5.41, 5.74) is 5.12. The highest BCUT2D eigenvalue weighted by Gasteiger charge is 2.30. The third-order valence-corrected chi connectivity index (χ3v) is 2.51. The van der Waals surface area contributed by atoms with Crippen LogP contribution in [0.5, 0.6) is 0 Å². The van der Waals surface area contributed by atoms with Gasteiger partial charge in [0.2, 0.25) is 0 Å². The summed E-state index contributed by atoms with van der Waals surface area (Å²) < 4.78 is 0. The Balaban J connectivity index is 2.56. The lowest BCUT2D eigenvalue weighted by atomic mass is 9.92. The van der Waals surface area contributed by atoms with E-state index in [1.807, 2.05) is 6.92 Å². The molecule has 1 aliphatic heterocycles. The third-order valence-electron chi connectivity index (χ3n) is 2.51. The molecule has 0 aromatic carbocycles. The molecule has 0 aromatic heterocycles. The Labute approximate surface area is 76.5 Å². The van der Waals surface area contributed by atoms with Gasteiger partial charge in [-0.1, -0.05) is 0 Å². The summed E-state index contributed by atoms with van der Waals surface area (Å²) in [4.78, 5) is 23.0. The Kier molecular flexibility index (Phi) is 2.75. The predicted octanol–water partition coefficient (Wildman–Crippen LogP) is 0.250. The van der Waals surface area contributed by atoms with Crippen molar-refractivity contribution in [3.8, 4) is 0 Å². The number of rotatable bonds is 1. The zero-order valence-corrected chi connectivity index (χ0v) is 7.56. The summed E-state index contributed by atoms with van der Waals surface area (Å²) in [6.45, 7) is 2.27. The van der Waals surface area contributed by atoms with Crippen LogP contribution in [0.15, 0.2) is 0 Å². The van der Waals surface area contributed by atoms with Gasteiger partial charge in [0.1, 0.15) is 0 Å². The zero-order valence-electron chi connectivity index (χ0n) is 7.56. The number of hydrogen-bond acceptors (Lipinski definition) is 2. The highest BCUT2D eigenvalue weighted by Crippen LogP contribution is 2.22. The van der Waals surface area contributed by atoms with Crippen LogP contribution in [0.1, 0.15) is 19.8 Å². The second-order valence-corrected chi connectivity index (χ2v) is 3.44. The van der Waals surface area contributed by atoms with Gasteiger partial charge in [-0.2, -0.15) is 0 Å². The van der Waals surface area contributed by atoms with Crippen LogP contribution in [-0.4, -0.2) is 34.6 Å². The molecule has 0 spiro atoms. The van der Waals surface area contributed by atoms with Gasteiger partial charge in [-0.15, -0.1) is 0 Å². The van der Waals surface area contributed by atoms with Gasteiger partial charge in [0.05, 0.1) is 5.92 Å². The number of carbonyl (C=O) groups excluding carboxylic acids is 1. The number of carboxylic acids is 1. The van der Waals surface area contributed by atoms with E-state index in [1.54, 1.807) is 0 Å². The predicted molar refractivity (Wildman–Crippen MR) is 46.1 cm³/mol. The highest BCUT2D eigenvalue weighted by molar-refractivity contribution is 5.74. The molecular weight excluding hydrogens is 172 g/mol. The van der Waals surface area contributed by atoms with Crippen molar-refractivity contribution in [3.63, 3.8) is 0 Å². The molecule has 2 unspecified atom stereocenters. The summed E-state index contributed by atoms with van der Waals surface area (Å²) in [5, 5.41) is 8.75. The van der Waals surface area contributed by atoms with E-state index in [9.17, 15) is 9.59 Å². The maximum absolute atomic E-state index is 10.8. The number of nitrogens with two attached hydrogens (primary N) is 1. The normalized spacial score (nSPS) is 28.5. The molecular formula is C8H14N2O3. The maximum atomic E-state index is 10.8. The Morgan fingerprint density at radius 3 is 2.54 bits per heavy atom. The van der Waals surface area contributed by atoms with E-state index in [0.717, 1.165) is 0 Å². The van der Waals surface area contributed by atoms with Crippen LogP contribution in [0, 0.1) is 5.92 Å². The molecule has 0 aliphatic carbocycles. The number of piperidine rings is 1. The lowest BCUT2D eigenvalue weighted by molar-refractivity contribution is -0.143. The van der Waals surface area contributed by atoms with Crippen LogP contribution < -0.4 is 5.73 Å². The Morgan fingerprint density at radius 1 is 1.54 bits per heavy atom. The van der Waals surface area contributed by atoms with Gasteiger partial charge in [-0.3, -0.25) is 4.79 Å². The first-order valence-corrected chi connectivity index (χ1v) is 4.31. The van der Waals surface area contributed by atoms with Crippen LogP contribution in [0.3, 0.4) is 0 Å². The molecule has 2 amide bonds. The molecule has 1 rings (SSSR count). The lowest BCUT2D eigenvalue weighted by Gasteiger charge is -2.34. The Bertz CT molecular complexity index is 229. The van der Waals surface area contributed by atoms with Gasteiger partial charge in [-0.25, -0.2) is 4.79 Å². The first kappa shape index (κ1) is 9.83. The fourth-order valence-electron chi connectivity index (χ4n) is 1.72. The molecule has 13 heavy (non-hydrogen) atoms. The smallest absolute Gasteiger partial charge is 0.315 e. The molecule has 0 saturated carbocycles. The molecule has 1 aliphatic rings. The van der Waals surface area contributed by atoms with E-state index in [2.05, 4.69) is 0 Å². The molecule has 0 bridgehead atoms. The SMILES string of the molecule is CC1CC(C(=O)O)CCN1C(N)=O. The van der Waals surface area contributed by atoms with Crippen LogP contribution >= 0.6 is 0 Å². The van der Waals surface area contributed by atoms with Crippen molar-refractivity contribution in [2.45, 2.75) is 25.8 Å². The number of carboxylic acid groups (broad SMARTS) is 1. The third kappa shape index (κ3) is 2.11. The molecule has 74 valence electrons. The topological polar surface area (TPSA) is 83.6 Å². The second kappa shape index (κ2) is 3.64. The number of nitrogens with zero attached hydrogens (tertiary/aromatic N) is 1. The largest absolute Gasteiger partial charge is 0.481 e. The van der Waals surface area contributed by atoms with E-state index in [-0.39, 0.29) is 12.0 Å². The first-order chi connectivity index (χ1) is 6.02. The van der Waals surface area contributed by atoms with Gasteiger partial charge in [0.25, 0.3) is 0 Å². The summed E-state index contributed by atoms with van der Waals surface area (Å²) in [6.07, 6.45) is 1.00. The van der Waals surface area contributed by atoms with Gasteiger partial charge in [0.15, 0.2) is 0 Å². The highest BCUT2D eigenvalue weighted by atomic mass is 16.4. The minimum absolute atomic E-state index is 0.0626. The molecule has 0 aromatic rings. The van der Waals surface area contributed by atoms with Crippen LogP contribution in [-0.2, 0) is 4.79 Å². The van der Waals surface area contributed by atoms with Crippen molar-refractivity contribution in [1.82, 2.24) is 4.90 Å². The number of aliphatic carboxylic acids is 1. The number of urea groups is 1. The monoisotopic (exact) mass is 186 g/mol. The van der Waals surface area contributed by atoms with Gasteiger partial charge in [0, 0.05) is 12.6 Å². The maximum Gasteiger partial charge on any atom is 0.315 e. The summed E-state index contributed by atoms with van der Waals surface area (Å²) in [5.74, 6) is -1.11. The first-order valence-electron chi connectivity index (χ1n) is 4.31. The molecule has 5 nitrogen and oxygen atoms in total. The standard InChI is InChI=1S/C8H14N2O3/c1-5-4-6(7(11)12)2-3-10(5)8(9)13/h5-6H,2-4H2,1H3,(H2,9,13)(H,11,12). The number of likely N-dealkylation sites (tertiary alicyclic amines) is 1. The van der Waals surface area contributed by atoms with Crippen LogP contribution in [0.4, 0.5) is 4.79 Å². The average Bonchev–Trinajstić information content (AvgIpc) is 2.03. The molecule has 2 atom stereocenters. The van der Waals surface area contributed by atoms with Crippen LogP contribution in [0.25, 0.3) is 0 Å². The van der Waals surface area contributed by atoms with Crippen LogP contribution in [0.2, 0.25) is 0 Å². The summed E-state index contributed by atoms with van der Waals surface area (Å²) in [7, 11) is 0. The molecule has 3 N–H and O–H groups in total. The van der Waals surface area contributed by atoms with Crippen molar-refractivity contribution in [3.05, 3.63) is 0 Å². The van der Waals surface area contributed by atoms with Crippen molar-refractivity contribution < 1.29 is 14.7 Å². The molecule has 1 heterocycles. The lowest BCUT2D eigenvalue weighted by Crippen LogP contribution is -2.48. The van der Waals surface area contributed by atoms with Gasteiger partial charge < -0.3 is 15.7 Å². The van der Waals surface area contributed by atoms with Gasteiger partial charge in [-0.05, 0) is 19.8 Å². The minimum atomic E-state index is -0.782. The van der Waals surface area contributed by atoms with Gasteiger partial charge >= 0.3 is 12.0 Å². The number of hydrogen-bond donors (Lipinski definition) is 2. The number of amides is 2. The van der Waals surface area contributed by atoms with Crippen molar-refractivity contribution in [2.75, 3.05) is 6.54 Å². The van der Waals surface area contributed by atoms with E-state index in [0.29, 0.717) is 19.4 Å². The quantitative estimate of drug-likeness (QED) is 0.615. The molecule has 1 saturated heterocycles. The molecule has 1 fully saturated rings. The van der Waals surface area contributed by atoms with Crippen molar-refractivity contribution in [2.24, 2.45) is 11.7 Å². The zero-order chi connectivity index (χ0) is 10.0.